The number of hydrogen-bond acceptors (Lipinski definition) is 0. The summed E-state index contributed by atoms with van der Waals surface area (Å²) in [6, 6.07) is 0. The molecule has 0 aliphatic heterocycles. The summed E-state index contributed by atoms with van der Waals surface area (Å²) in [7, 11) is 0. The van der Waals surface area contributed by atoms with Gasteiger partial charge in [0.2, 0.25) is 0 Å². The monoisotopic (exact) mass is 602 g/mol. The highest BCUT2D eigenvalue weighted by molar-refractivity contribution is 9.14. The SMILES string of the molecule is BrCCc1c(Br)c(Br)c(Br)c(CCBr)c1Br. The summed E-state index contributed by atoms with van der Waals surface area (Å²) in [6.07, 6.45) is 1.98. The fourth-order valence-electron chi connectivity index (χ4n) is 1.36. The molecule has 6 heteroatoms. The predicted octanol–water partition coefficient (Wildman–Crippen LogP) is 6.61. The summed E-state index contributed by atoms with van der Waals surface area (Å²) in [5.74, 6) is 0. The second-order valence-electron chi connectivity index (χ2n) is 3.09. The summed E-state index contributed by atoms with van der Waals surface area (Å²) >= 11 is 21.5. The van der Waals surface area contributed by atoms with Crippen LogP contribution >= 0.6 is 95.6 Å². The van der Waals surface area contributed by atoms with Gasteiger partial charge in [-0.2, -0.15) is 0 Å². The van der Waals surface area contributed by atoms with Crippen LogP contribution in [0.3, 0.4) is 0 Å². The molecule has 0 aliphatic rings. The lowest BCUT2D eigenvalue weighted by Gasteiger charge is -2.15. The Morgan fingerprint density at radius 2 is 0.938 bits per heavy atom. The van der Waals surface area contributed by atoms with Crippen LogP contribution in [0.4, 0.5) is 0 Å². The molecule has 0 radical (unpaired) electrons. The molecule has 0 aromatic heterocycles. The minimum atomic E-state index is 0.950. The molecule has 0 fully saturated rings. The van der Waals surface area contributed by atoms with E-state index < -0.39 is 0 Å². The highest BCUT2D eigenvalue weighted by Gasteiger charge is 2.17. The quantitative estimate of drug-likeness (QED) is 0.205. The third-order valence-corrected chi connectivity index (χ3v) is 7.49. The molecule has 0 amide bonds. The standard InChI is InChI=1S/C10H8Br6/c11-3-1-5-7(13)6(2-4-12)9(15)10(16)8(5)14/h1-4H2. The van der Waals surface area contributed by atoms with Gasteiger partial charge < -0.3 is 0 Å². The molecule has 0 unspecified atom stereocenters. The van der Waals surface area contributed by atoms with Crippen molar-refractivity contribution in [2.45, 2.75) is 12.8 Å². The van der Waals surface area contributed by atoms with E-state index in [9.17, 15) is 0 Å². The second-order valence-corrected chi connectivity index (χ2v) is 7.85. The van der Waals surface area contributed by atoms with Crippen molar-refractivity contribution in [2.75, 3.05) is 10.7 Å². The molecule has 0 aliphatic carbocycles. The second kappa shape index (κ2) is 7.63. The molecule has 0 saturated carbocycles. The lowest BCUT2D eigenvalue weighted by atomic mass is 10.1. The van der Waals surface area contributed by atoms with E-state index in [0.717, 1.165) is 36.9 Å². The van der Waals surface area contributed by atoms with Gasteiger partial charge in [-0.25, -0.2) is 0 Å². The van der Waals surface area contributed by atoms with Crippen molar-refractivity contribution >= 4 is 95.6 Å². The molecule has 0 N–H and O–H groups in total. The zero-order valence-electron chi connectivity index (χ0n) is 8.10. The normalized spacial score (nSPS) is 10.9. The summed E-state index contributed by atoms with van der Waals surface area (Å²) in [5.41, 5.74) is 2.59. The maximum absolute atomic E-state index is 3.70. The zero-order chi connectivity index (χ0) is 12.3. The van der Waals surface area contributed by atoms with Gasteiger partial charge in [-0.15, -0.1) is 0 Å². The molecule has 0 atom stereocenters. The molecule has 0 nitrogen and oxygen atoms in total. The van der Waals surface area contributed by atoms with Crippen LogP contribution in [-0.2, 0) is 12.8 Å². The van der Waals surface area contributed by atoms with Crippen molar-refractivity contribution in [3.05, 3.63) is 29.0 Å². The van der Waals surface area contributed by atoms with Crippen LogP contribution in [0.2, 0.25) is 0 Å². The summed E-state index contributed by atoms with van der Waals surface area (Å²) in [6.45, 7) is 0. The van der Waals surface area contributed by atoms with Gasteiger partial charge in [0.25, 0.3) is 0 Å². The van der Waals surface area contributed by atoms with Gasteiger partial charge in [0, 0.05) is 28.6 Å². The number of rotatable bonds is 4. The van der Waals surface area contributed by atoms with Crippen molar-refractivity contribution in [2.24, 2.45) is 0 Å². The van der Waals surface area contributed by atoms with Crippen molar-refractivity contribution in [3.63, 3.8) is 0 Å². The topological polar surface area (TPSA) is 0 Å². The van der Waals surface area contributed by atoms with E-state index in [1.54, 1.807) is 0 Å². The Morgan fingerprint density at radius 1 is 0.562 bits per heavy atom. The average molecular weight is 608 g/mol. The lowest BCUT2D eigenvalue weighted by molar-refractivity contribution is 1.06. The molecule has 0 heterocycles. The molecule has 0 bridgehead atoms. The van der Waals surface area contributed by atoms with Crippen LogP contribution in [0.25, 0.3) is 0 Å². The van der Waals surface area contributed by atoms with Gasteiger partial charge in [0.05, 0.1) is 0 Å². The van der Waals surface area contributed by atoms with Gasteiger partial charge >= 0.3 is 0 Å². The summed E-state index contributed by atoms with van der Waals surface area (Å²) in [4.78, 5) is 0. The first-order chi connectivity index (χ1) is 7.54. The smallest absolute Gasteiger partial charge is 0.0465 e. The third-order valence-electron chi connectivity index (χ3n) is 2.13. The van der Waals surface area contributed by atoms with Crippen LogP contribution < -0.4 is 0 Å². The molecule has 0 spiro atoms. The third kappa shape index (κ3) is 3.56. The van der Waals surface area contributed by atoms with Crippen LogP contribution in [0.5, 0.6) is 0 Å². The van der Waals surface area contributed by atoms with E-state index in [1.165, 1.54) is 15.6 Å². The first-order valence-electron chi connectivity index (χ1n) is 4.50. The minimum Gasteiger partial charge on any atom is -0.0924 e. The first kappa shape index (κ1) is 16.2. The van der Waals surface area contributed by atoms with Gasteiger partial charge in [0.15, 0.2) is 0 Å². The van der Waals surface area contributed by atoms with Crippen molar-refractivity contribution in [3.8, 4) is 0 Å². The number of halogens is 6. The first-order valence-corrected chi connectivity index (χ1v) is 9.91. The molecule has 90 valence electrons. The molecule has 1 rings (SSSR count). The van der Waals surface area contributed by atoms with Gasteiger partial charge in [-0.1, -0.05) is 47.8 Å². The highest BCUT2D eigenvalue weighted by Crippen LogP contribution is 2.42. The van der Waals surface area contributed by atoms with E-state index in [4.69, 9.17) is 0 Å². The van der Waals surface area contributed by atoms with E-state index in [2.05, 4.69) is 95.6 Å². The average Bonchev–Trinajstić information content (AvgIpc) is 2.28. The number of benzene rings is 1. The van der Waals surface area contributed by atoms with Crippen molar-refractivity contribution in [1.82, 2.24) is 0 Å². The number of hydrogen-bond donors (Lipinski definition) is 0. The fraction of sp³-hybridized carbons (Fsp3) is 0.400. The lowest BCUT2D eigenvalue weighted by Crippen LogP contribution is -1.99. The fourth-order valence-corrected chi connectivity index (χ4v) is 5.42. The number of alkyl halides is 2. The Labute approximate surface area is 146 Å². The summed E-state index contributed by atoms with van der Waals surface area (Å²) in [5, 5.41) is 1.90. The van der Waals surface area contributed by atoms with E-state index >= 15 is 0 Å². The van der Waals surface area contributed by atoms with Gasteiger partial charge in [-0.05, 0) is 71.8 Å². The summed E-state index contributed by atoms with van der Waals surface area (Å²) < 4.78 is 4.50. The largest absolute Gasteiger partial charge is 0.0924 e. The molecule has 16 heavy (non-hydrogen) atoms. The van der Waals surface area contributed by atoms with Crippen LogP contribution in [0, 0.1) is 0 Å². The zero-order valence-corrected chi connectivity index (χ0v) is 17.6. The Bertz CT molecular complexity index is 354. The van der Waals surface area contributed by atoms with Crippen molar-refractivity contribution in [1.29, 1.82) is 0 Å². The predicted molar refractivity (Wildman–Crippen MR) is 92.2 cm³/mol. The Morgan fingerprint density at radius 3 is 1.25 bits per heavy atom. The maximum Gasteiger partial charge on any atom is 0.0465 e. The van der Waals surface area contributed by atoms with E-state index in [1.807, 2.05) is 0 Å². The molecule has 1 aromatic rings. The maximum atomic E-state index is 3.70. The van der Waals surface area contributed by atoms with E-state index in [-0.39, 0.29) is 0 Å². The van der Waals surface area contributed by atoms with Crippen molar-refractivity contribution < 1.29 is 0 Å². The Balaban J connectivity index is 3.39. The van der Waals surface area contributed by atoms with Gasteiger partial charge in [0.1, 0.15) is 0 Å². The Kier molecular flexibility index (Phi) is 7.71. The van der Waals surface area contributed by atoms with Crippen LogP contribution in [0.15, 0.2) is 17.9 Å². The Hall–Kier alpha value is 2.10. The minimum absolute atomic E-state index is 0.950. The molecule has 0 saturated heterocycles. The molecular weight excluding hydrogens is 600 g/mol. The van der Waals surface area contributed by atoms with Crippen LogP contribution in [-0.4, -0.2) is 10.7 Å². The molecule has 1 aromatic carbocycles. The highest BCUT2D eigenvalue weighted by atomic mass is 79.9. The van der Waals surface area contributed by atoms with Crippen LogP contribution in [0.1, 0.15) is 11.1 Å². The van der Waals surface area contributed by atoms with E-state index in [0.29, 0.717) is 0 Å². The van der Waals surface area contributed by atoms with Gasteiger partial charge in [-0.3, -0.25) is 0 Å². The molecular formula is C10H8Br6.